The van der Waals surface area contributed by atoms with E-state index in [0.717, 1.165) is 12.3 Å². The molecule has 2 atom stereocenters. The third kappa shape index (κ3) is 2.12. The van der Waals surface area contributed by atoms with Crippen LogP contribution in [0, 0.1) is 12.3 Å². The number of anilines is 1. The highest BCUT2D eigenvalue weighted by Gasteiger charge is 2.58. The molecule has 2 saturated carbocycles. The van der Waals surface area contributed by atoms with Crippen LogP contribution < -0.4 is 4.90 Å². The van der Waals surface area contributed by atoms with E-state index < -0.39 is 0 Å². The van der Waals surface area contributed by atoms with Gasteiger partial charge in [-0.25, -0.2) is 0 Å². The van der Waals surface area contributed by atoms with Gasteiger partial charge in [-0.1, -0.05) is 12.8 Å². The maximum absolute atomic E-state index is 6.02. The van der Waals surface area contributed by atoms with Crippen molar-refractivity contribution >= 4 is 5.69 Å². The molecule has 2 aliphatic rings. The van der Waals surface area contributed by atoms with E-state index in [1.54, 1.807) is 0 Å². The SMILES string of the molecule is CCOC1CC(N(C)c2ccnc(C)c2)C12CCCC2. The summed E-state index contributed by atoms with van der Waals surface area (Å²) in [5, 5.41) is 0. The lowest BCUT2D eigenvalue weighted by atomic mass is 9.60. The fourth-order valence-corrected chi connectivity index (χ4v) is 4.32. The van der Waals surface area contributed by atoms with E-state index in [1.165, 1.54) is 37.8 Å². The number of pyridine rings is 1. The fraction of sp³-hybridized carbons (Fsp3) is 0.706. The Morgan fingerprint density at radius 1 is 1.40 bits per heavy atom. The van der Waals surface area contributed by atoms with Crippen LogP contribution in [0.5, 0.6) is 0 Å². The number of rotatable bonds is 4. The molecule has 0 radical (unpaired) electrons. The van der Waals surface area contributed by atoms with Crippen LogP contribution in [0.2, 0.25) is 0 Å². The molecule has 0 N–H and O–H groups in total. The lowest BCUT2D eigenvalue weighted by molar-refractivity contribution is -0.121. The summed E-state index contributed by atoms with van der Waals surface area (Å²) in [7, 11) is 2.24. The Balaban J connectivity index is 1.80. The van der Waals surface area contributed by atoms with Crippen molar-refractivity contribution in [3.8, 4) is 0 Å². The van der Waals surface area contributed by atoms with Crippen molar-refractivity contribution < 1.29 is 4.74 Å². The summed E-state index contributed by atoms with van der Waals surface area (Å²) < 4.78 is 6.02. The minimum absolute atomic E-state index is 0.405. The first kappa shape index (κ1) is 13.9. The van der Waals surface area contributed by atoms with Gasteiger partial charge in [0.25, 0.3) is 0 Å². The molecule has 0 aliphatic heterocycles. The van der Waals surface area contributed by atoms with Gasteiger partial charge in [0.2, 0.25) is 0 Å². The predicted molar refractivity (Wildman–Crippen MR) is 82.1 cm³/mol. The highest BCUT2D eigenvalue weighted by Crippen LogP contribution is 2.56. The first-order valence-corrected chi connectivity index (χ1v) is 7.94. The molecule has 0 amide bonds. The molecule has 0 saturated heterocycles. The molecule has 1 spiro atoms. The average molecular weight is 274 g/mol. The standard InChI is InChI=1S/C17H26N2O/c1-4-20-16-12-15(17(16)8-5-6-9-17)19(3)14-7-10-18-13(2)11-14/h7,10-11,15-16H,4-6,8-9,12H2,1-3H3. The van der Waals surface area contributed by atoms with Crippen molar-refractivity contribution in [3.05, 3.63) is 24.0 Å². The molecule has 2 fully saturated rings. The zero-order chi connectivity index (χ0) is 14.2. The maximum atomic E-state index is 6.02. The van der Waals surface area contributed by atoms with Gasteiger partial charge in [-0.2, -0.15) is 0 Å². The van der Waals surface area contributed by atoms with Crippen molar-refractivity contribution in [3.63, 3.8) is 0 Å². The molecule has 0 aromatic carbocycles. The molecule has 1 heterocycles. The molecule has 1 aromatic rings. The molecule has 3 rings (SSSR count). The second-order valence-corrected chi connectivity index (χ2v) is 6.40. The van der Waals surface area contributed by atoms with E-state index in [1.807, 2.05) is 6.20 Å². The van der Waals surface area contributed by atoms with Crippen LogP contribution >= 0.6 is 0 Å². The Kier molecular flexibility index (Phi) is 3.72. The molecular formula is C17H26N2O. The second-order valence-electron chi connectivity index (χ2n) is 6.40. The van der Waals surface area contributed by atoms with Gasteiger partial charge in [0, 0.05) is 42.7 Å². The van der Waals surface area contributed by atoms with Crippen LogP contribution in [0.25, 0.3) is 0 Å². The van der Waals surface area contributed by atoms with E-state index in [4.69, 9.17) is 4.74 Å². The molecule has 20 heavy (non-hydrogen) atoms. The largest absolute Gasteiger partial charge is 0.378 e. The summed E-state index contributed by atoms with van der Waals surface area (Å²) in [6.07, 6.45) is 8.96. The van der Waals surface area contributed by atoms with Crippen LogP contribution in [0.1, 0.15) is 44.7 Å². The lowest BCUT2D eigenvalue weighted by Crippen LogP contribution is -2.63. The predicted octanol–water partition coefficient (Wildman–Crippen LogP) is 3.56. The van der Waals surface area contributed by atoms with Gasteiger partial charge in [-0.3, -0.25) is 4.98 Å². The lowest BCUT2D eigenvalue weighted by Gasteiger charge is -2.57. The summed E-state index contributed by atoms with van der Waals surface area (Å²) in [5.74, 6) is 0. The molecule has 1 aromatic heterocycles. The third-order valence-corrected chi connectivity index (χ3v) is 5.40. The van der Waals surface area contributed by atoms with Gasteiger partial charge in [-0.05, 0) is 45.2 Å². The van der Waals surface area contributed by atoms with Crippen LogP contribution in [-0.2, 0) is 4.74 Å². The van der Waals surface area contributed by atoms with Crippen molar-refractivity contribution in [2.45, 2.75) is 58.1 Å². The first-order chi connectivity index (χ1) is 9.67. The van der Waals surface area contributed by atoms with Gasteiger partial charge >= 0.3 is 0 Å². The number of hydrogen-bond acceptors (Lipinski definition) is 3. The van der Waals surface area contributed by atoms with E-state index in [2.05, 4.69) is 42.9 Å². The molecule has 3 nitrogen and oxygen atoms in total. The van der Waals surface area contributed by atoms with Crippen molar-refractivity contribution in [1.82, 2.24) is 4.98 Å². The third-order valence-electron chi connectivity index (χ3n) is 5.40. The number of ether oxygens (including phenoxy) is 1. The number of aryl methyl sites for hydroxylation is 1. The number of hydrogen-bond donors (Lipinski definition) is 0. The number of aromatic nitrogens is 1. The second kappa shape index (κ2) is 5.36. The quantitative estimate of drug-likeness (QED) is 0.839. The topological polar surface area (TPSA) is 25.4 Å². The first-order valence-electron chi connectivity index (χ1n) is 7.94. The summed E-state index contributed by atoms with van der Waals surface area (Å²) in [5.41, 5.74) is 2.79. The average Bonchev–Trinajstić information content (AvgIpc) is 2.95. The van der Waals surface area contributed by atoms with Gasteiger partial charge in [-0.15, -0.1) is 0 Å². The Bertz CT molecular complexity index is 468. The molecule has 110 valence electrons. The minimum atomic E-state index is 0.405. The van der Waals surface area contributed by atoms with Crippen LogP contribution in [0.3, 0.4) is 0 Å². The Morgan fingerprint density at radius 2 is 2.15 bits per heavy atom. The molecule has 0 bridgehead atoms. The van der Waals surface area contributed by atoms with Gasteiger partial charge < -0.3 is 9.64 Å². The summed E-state index contributed by atoms with van der Waals surface area (Å²) in [6, 6.07) is 4.95. The van der Waals surface area contributed by atoms with E-state index in [9.17, 15) is 0 Å². The number of nitrogens with zero attached hydrogens (tertiary/aromatic N) is 2. The Labute approximate surface area is 122 Å². The summed E-state index contributed by atoms with van der Waals surface area (Å²) in [4.78, 5) is 6.78. The minimum Gasteiger partial charge on any atom is -0.378 e. The van der Waals surface area contributed by atoms with Gasteiger partial charge in [0.1, 0.15) is 0 Å². The van der Waals surface area contributed by atoms with Crippen LogP contribution in [0.15, 0.2) is 18.3 Å². The van der Waals surface area contributed by atoms with Crippen molar-refractivity contribution in [2.75, 3.05) is 18.6 Å². The van der Waals surface area contributed by atoms with Gasteiger partial charge in [0.05, 0.1) is 6.10 Å². The smallest absolute Gasteiger partial charge is 0.0670 e. The van der Waals surface area contributed by atoms with Crippen molar-refractivity contribution in [2.24, 2.45) is 5.41 Å². The highest BCUT2D eigenvalue weighted by molar-refractivity contribution is 5.48. The van der Waals surface area contributed by atoms with Crippen LogP contribution in [0.4, 0.5) is 5.69 Å². The van der Waals surface area contributed by atoms with E-state index in [0.29, 0.717) is 17.6 Å². The van der Waals surface area contributed by atoms with Crippen molar-refractivity contribution in [1.29, 1.82) is 0 Å². The zero-order valence-corrected chi connectivity index (χ0v) is 12.9. The normalized spacial score (nSPS) is 27.6. The molecule has 2 unspecified atom stereocenters. The molecule has 3 heteroatoms. The summed E-state index contributed by atoms with van der Waals surface area (Å²) >= 11 is 0. The Hall–Kier alpha value is -1.09. The monoisotopic (exact) mass is 274 g/mol. The van der Waals surface area contributed by atoms with E-state index in [-0.39, 0.29) is 0 Å². The maximum Gasteiger partial charge on any atom is 0.0670 e. The Morgan fingerprint density at radius 3 is 2.80 bits per heavy atom. The molecule has 2 aliphatic carbocycles. The fourth-order valence-electron chi connectivity index (χ4n) is 4.32. The summed E-state index contributed by atoms with van der Waals surface area (Å²) in [6.45, 7) is 5.02. The highest BCUT2D eigenvalue weighted by atomic mass is 16.5. The van der Waals surface area contributed by atoms with E-state index >= 15 is 0 Å². The van der Waals surface area contributed by atoms with Gasteiger partial charge in [0.15, 0.2) is 0 Å². The zero-order valence-electron chi connectivity index (χ0n) is 12.9. The van der Waals surface area contributed by atoms with Crippen LogP contribution in [-0.4, -0.2) is 30.8 Å². The molecular weight excluding hydrogens is 248 g/mol.